The molecule has 5 aromatic rings. The summed E-state index contributed by atoms with van der Waals surface area (Å²) in [6, 6.07) is 15.3. The van der Waals surface area contributed by atoms with Gasteiger partial charge in [0.05, 0.1) is 7.11 Å². The molecule has 0 fully saturated rings. The predicted octanol–water partition coefficient (Wildman–Crippen LogP) is 4.68. The summed E-state index contributed by atoms with van der Waals surface area (Å²) in [5.74, 6) is 0.650. The van der Waals surface area contributed by atoms with Gasteiger partial charge < -0.3 is 4.74 Å². The zero-order valence-corrected chi connectivity index (χ0v) is 13.7. The van der Waals surface area contributed by atoms with E-state index in [4.69, 9.17) is 9.37 Å². The quantitative estimate of drug-likeness (QED) is 0.479. The van der Waals surface area contributed by atoms with Crippen molar-refractivity contribution < 1.29 is 9.37 Å². The van der Waals surface area contributed by atoms with E-state index in [0.717, 1.165) is 10.8 Å². The van der Waals surface area contributed by atoms with Gasteiger partial charge in [0.1, 0.15) is 28.2 Å². The maximum atomic E-state index is 5.33. The smallest absolute Gasteiger partial charge is 0.241 e. The van der Waals surface area contributed by atoms with Crippen molar-refractivity contribution in [1.29, 1.82) is 0 Å². The van der Waals surface area contributed by atoms with Crippen LogP contribution in [0.3, 0.4) is 0 Å². The van der Waals surface area contributed by atoms with Crippen molar-refractivity contribution in [3.05, 3.63) is 48.5 Å². The van der Waals surface area contributed by atoms with Gasteiger partial charge in [0.15, 0.2) is 0 Å². The maximum absolute atomic E-state index is 5.33. The number of benzene rings is 2. The number of H-pyrrole nitrogens is 1. The van der Waals surface area contributed by atoms with Crippen LogP contribution in [0, 0.1) is 0 Å². The minimum atomic E-state index is 0.418. The molecule has 0 aliphatic rings. The standard InChI is InChI=1S/C18H12N6O2/c1-25-13-9-5-4-8-12(13)21-22-15-11-7-3-2-6-10(11)14-16(15)20-18-17(19-14)23-26-24-18/h2-9H,1H3,(H,20,24). The van der Waals surface area contributed by atoms with E-state index in [1.807, 2.05) is 48.5 Å². The Kier molecular flexibility index (Phi) is 3.14. The topological polar surface area (TPSA) is 102 Å². The summed E-state index contributed by atoms with van der Waals surface area (Å²) in [6.07, 6.45) is 0. The molecule has 0 aliphatic heterocycles. The number of azo groups is 1. The first-order valence-corrected chi connectivity index (χ1v) is 7.92. The Hall–Kier alpha value is -3.81. The van der Waals surface area contributed by atoms with Gasteiger partial charge in [-0.25, -0.2) is 9.97 Å². The molecular formula is C18H12N6O2. The first-order valence-electron chi connectivity index (χ1n) is 7.92. The maximum Gasteiger partial charge on any atom is 0.241 e. The van der Waals surface area contributed by atoms with Gasteiger partial charge in [-0.15, -0.1) is 10.2 Å². The molecule has 26 heavy (non-hydrogen) atoms. The zero-order valence-electron chi connectivity index (χ0n) is 13.7. The zero-order chi connectivity index (χ0) is 17.5. The molecule has 8 nitrogen and oxygen atoms in total. The van der Waals surface area contributed by atoms with Crippen LogP contribution >= 0.6 is 0 Å². The Morgan fingerprint density at radius 1 is 0.923 bits per heavy atom. The van der Waals surface area contributed by atoms with Crippen LogP contribution in [0.2, 0.25) is 0 Å². The number of aromatic amines is 1. The first kappa shape index (κ1) is 14.5. The van der Waals surface area contributed by atoms with Gasteiger partial charge in [-0.3, -0.25) is 4.63 Å². The summed E-state index contributed by atoms with van der Waals surface area (Å²) in [6.45, 7) is 0. The summed E-state index contributed by atoms with van der Waals surface area (Å²) in [7, 11) is 1.60. The molecule has 2 heterocycles. The molecule has 0 atom stereocenters. The number of nitrogens with zero attached hydrogens (tertiary/aromatic N) is 5. The molecule has 0 radical (unpaired) electrons. The molecular weight excluding hydrogens is 332 g/mol. The van der Waals surface area contributed by atoms with Crippen molar-refractivity contribution in [2.45, 2.75) is 0 Å². The van der Waals surface area contributed by atoms with Crippen molar-refractivity contribution in [2.24, 2.45) is 10.2 Å². The lowest BCUT2D eigenvalue weighted by atomic mass is 10.2. The van der Waals surface area contributed by atoms with Gasteiger partial charge in [-0.1, -0.05) is 36.4 Å². The Balaban J connectivity index is 1.78. The number of hydrogen-bond donors (Lipinski definition) is 1. The number of nitrogens with one attached hydrogen (secondary N) is 1. The molecule has 0 amide bonds. The Morgan fingerprint density at radius 2 is 1.73 bits per heavy atom. The van der Waals surface area contributed by atoms with Gasteiger partial charge >= 0.3 is 0 Å². The van der Waals surface area contributed by atoms with E-state index in [1.165, 1.54) is 0 Å². The third kappa shape index (κ3) is 2.12. The molecule has 3 aromatic carbocycles. The van der Waals surface area contributed by atoms with E-state index in [-0.39, 0.29) is 0 Å². The molecule has 126 valence electrons. The lowest BCUT2D eigenvalue weighted by molar-refractivity contribution is 0.314. The molecule has 0 aliphatic carbocycles. The lowest BCUT2D eigenvalue weighted by Crippen LogP contribution is -1.83. The summed E-state index contributed by atoms with van der Waals surface area (Å²) in [5.41, 5.74) is 3.51. The number of aromatic nitrogens is 4. The molecule has 8 heteroatoms. The largest absolute Gasteiger partial charge is 0.494 e. The normalized spacial score (nSPS) is 11.9. The Bertz CT molecular complexity index is 1290. The van der Waals surface area contributed by atoms with Gasteiger partial charge in [0, 0.05) is 10.8 Å². The van der Waals surface area contributed by atoms with Gasteiger partial charge in [-0.2, -0.15) is 5.16 Å². The molecule has 0 saturated heterocycles. The monoisotopic (exact) mass is 344 g/mol. The molecule has 0 spiro atoms. The number of ether oxygens (including phenoxy) is 1. The number of rotatable bonds is 3. The molecule has 1 N–H and O–H groups in total. The van der Waals surface area contributed by atoms with Crippen molar-refractivity contribution in [3.8, 4) is 5.75 Å². The van der Waals surface area contributed by atoms with E-state index >= 15 is 0 Å². The fraction of sp³-hybridized carbons (Fsp3) is 0.0556. The number of hydrogen-bond acceptors (Lipinski definition) is 7. The SMILES string of the molecule is COc1ccccc1N=Nc1c2ccccc2c2nc3no[nH]c3nc12. The van der Waals surface area contributed by atoms with Crippen LogP contribution < -0.4 is 4.74 Å². The predicted molar refractivity (Wildman–Crippen MR) is 96.1 cm³/mol. The van der Waals surface area contributed by atoms with Crippen LogP contribution in [0.25, 0.3) is 33.1 Å². The fourth-order valence-corrected chi connectivity index (χ4v) is 2.96. The molecule has 0 unspecified atom stereocenters. The Morgan fingerprint density at radius 3 is 2.62 bits per heavy atom. The molecule has 0 saturated carbocycles. The van der Waals surface area contributed by atoms with Crippen LogP contribution in [-0.2, 0) is 0 Å². The highest BCUT2D eigenvalue weighted by Gasteiger charge is 2.17. The summed E-state index contributed by atoms with van der Waals surface area (Å²) in [4.78, 5) is 9.12. The van der Waals surface area contributed by atoms with E-state index in [1.54, 1.807) is 7.11 Å². The van der Waals surface area contributed by atoms with Crippen LogP contribution in [0.4, 0.5) is 11.4 Å². The minimum Gasteiger partial charge on any atom is -0.494 e. The summed E-state index contributed by atoms with van der Waals surface area (Å²) < 4.78 is 10.2. The van der Waals surface area contributed by atoms with Gasteiger partial charge in [0.2, 0.25) is 11.3 Å². The number of para-hydroxylation sites is 1. The lowest BCUT2D eigenvalue weighted by Gasteiger charge is -2.01. The van der Waals surface area contributed by atoms with Crippen LogP contribution in [0.1, 0.15) is 0 Å². The minimum absolute atomic E-state index is 0.418. The van der Waals surface area contributed by atoms with Gasteiger partial charge in [0.25, 0.3) is 0 Å². The van der Waals surface area contributed by atoms with Crippen molar-refractivity contribution in [3.63, 3.8) is 0 Å². The van der Waals surface area contributed by atoms with Crippen LogP contribution in [0.15, 0.2) is 63.4 Å². The highest BCUT2D eigenvalue weighted by Crippen LogP contribution is 2.39. The second kappa shape index (κ2) is 5.62. The molecule has 5 rings (SSSR count). The molecule has 2 aromatic heterocycles. The van der Waals surface area contributed by atoms with Crippen LogP contribution in [-0.4, -0.2) is 27.4 Å². The Labute approximate surface area is 146 Å². The van der Waals surface area contributed by atoms with Crippen molar-refractivity contribution in [2.75, 3.05) is 7.11 Å². The third-order valence-corrected chi connectivity index (χ3v) is 4.16. The highest BCUT2D eigenvalue weighted by atomic mass is 16.6. The number of methoxy groups -OCH3 is 1. The summed E-state index contributed by atoms with van der Waals surface area (Å²) >= 11 is 0. The number of fused-ring (bicyclic) bond motifs is 4. The van der Waals surface area contributed by atoms with Crippen molar-refractivity contribution in [1.82, 2.24) is 20.3 Å². The second-order valence-electron chi connectivity index (χ2n) is 5.64. The van der Waals surface area contributed by atoms with E-state index in [0.29, 0.717) is 39.5 Å². The van der Waals surface area contributed by atoms with E-state index < -0.39 is 0 Å². The average molecular weight is 344 g/mol. The highest BCUT2D eigenvalue weighted by molar-refractivity contribution is 6.18. The van der Waals surface area contributed by atoms with E-state index in [2.05, 4.69) is 30.5 Å². The summed E-state index contributed by atoms with van der Waals surface area (Å²) in [5, 5.41) is 17.2. The fourth-order valence-electron chi connectivity index (χ4n) is 2.96. The first-order chi connectivity index (χ1) is 12.8. The van der Waals surface area contributed by atoms with E-state index in [9.17, 15) is 0 Å². The second-order valence-corrected chi connectivity index (χ2v) is 5.64. The third-order valence-electron chi connectivity index (χ3n) is 4.16. The average Bonchev–Trinajstić information content (AvgIpc) is 3.27. The molecule has 0 bridgehead atoms. The van der Waals surface area contributed by atoms with Crippen LogP contribution in [0.5, 0.6) is 5.75 Å². The van der Waals surface area contributed by atoms with Crippen molar-refractivity contribution >= 4 is 44.5 Å². The van der Waals surface area contributed by atoms with Gasteiger partial charge in [-0.05, 0) is 17.3 Å².